The molecule has 0 saturated heterocycles. The van der Waals surface area contributed by atoms with Gasteiger partial charge in [0.05, 0.1) is 5.75 Å². The van der Waals surface area contributed by atoms with Gasteiger partial charge in [0, 0.05) is 18.8 Å². The quantitative estimate of drug-likeness (QED) is 0.586. The van der Waals surface area contributed by atoms with Gasteiger partial charge < -0.3 is 10.3 Å². The van der Waals surface area contributed by atoms with Gasteiger partial charge in [0.25, 0.3) is 5.56 Å². The number of thioether (sulfide) groups is 1. The fraction of sp³-hybridized carbons (Fsp3) is 0.500. The number of amides is 1. The Hall–Kier alpha value is -1.30. The molecule has 0 aromatic carbocycles. The van der Waals surface area contributed by atoms with Gasteiger partial charge in [-0.15, -0.1) is 0 Å². The lowest BCUT2D eigenvalue weighted by atomic mass is 10.2. The summed E-state index contributed by atoms with van der Waals surface area (Å²) >= 11 is 1.22. The van der Waals surface area contributed by atoms with Gasteiger partial charge in [-0.25, -0.2) is 4.98 Å². The van der Waals surface area contributed by atoms with Crippen molar-refractivity contribution in [3.8, 4) is 0 Å². The second kappa shape index (κ2) is 6.32. The summed E-state index contributed by atoms with van der Waals surface area (Å²) in [5, 5.41) is 3.25. The number of carbonyl (C=O) groups is 1. The Morgan fingerprint density at radius 2 is 2.38 bits per heavy atom. The van der Waals surface area contributed by atoms with Crippen molar-refractivity contribution in [3.63, 3.8) is 0 Å². The zero-order chi connectivity index (χ0) is 12.0. The van der Waals surface area contributed by atoms with Crippen LogP contribution >= 0.6 is 11.8 Å². The van der Waals surface area contributed by atoms with Crippen LogP contribution in [-0.4, -0.2) is 28.2 Å². The van der Waals surface area contributed by atoms with E-state index < -0.39 is 0 Å². The molecule has 1 amide bonds. The van der Waals surface area contributed by atoms with Crippen LogP contribution in [-0.2, 0) is 4.79 Å². The predicted octanol–water partition coefficient (Wildman–Crippen LogP) is 0.634. The minimum atomic E-state index is -0.208. The average Bonchev–Trinajstić information content (AvgIpc) is 2.23. The van der Waals surface area contributed by atoms with Crippen molar-refractivity contribution in [3.05, 3.63) is 22.6 Å². The zero-order valence-corrected chi connectivity index (χ0v) is 10.1. The Morgan fingerprint density at radius 3 is 3.00 bits per heavy atom. The molecule has 0 aliphatic carbocycles. The van der Waals surface area contributed by atoms with E-state index in [1.165, 1.54) is 24.0 Å². The van der Waals surface area contributed by atoms with E-state index in [0.29, 0.717) is 17.6 Å². The molecule has 0 spiro atoms. The molecule has 0 fully saturated rings. The van der Waals surface area contributed by atoms with Gasteiger partial charge in [-0.1, -0.05) is 25.6 Å². The molecule has 0 bridgehead atoms. The van der Waals surface area contributed by atoms with Crippen molar-refractivity contribution in [1.29, 1.82) is 0 Å². The van der Waals surface area contributed by atoms with Gasteiger partial charge >= 0.3 is 0 Å². The number of H-pyrrole nitrogens is 1. The highest BCUT2D eigenvalue weighted by molar-refractivity contribution is 7.99. The molecule has 1 heterocycles. The molecule has 0 aliphatic rings. The van der Waals surface area contributed by atoms with Gasteiger partial charge in [0.2, 0.25) is 5.91 Å². The van der Waals surface area contributed by atoms with Gasteiger partial charge in [-0.2, -0.15) is 0 Å². The number of aromatic amines is 1. The lowest BCUT2D eigenvalue weighted by molar-refractivity contribution is -0.118. The summed E-state index contributed by atoms with van der Waals surface area (Å²) in [6.07, 6.45) is 1.42. The Kier molecular flexibility index (Phi) is 5.04. The van der Waals surface area contributed by atoms with Crippen LogP contribution in [0.25, 0.3) is 0 Å². The third kappa shape index (κ3) is 4.97. The van der Waals surface area contributed by atoms with Gasteiger partial charge in [-0.05, 0) is 5.92 Å². The van der Waals surface area contributed by atoms with E-state index in [1.54, 1.807) is 0 Å². The van der Waals surface area contributed by atoms with E-state index in [2.05, 4.69) is 15.3 Å². The number of hydrogen-bond acceptors (Lipinski definition) is 4. The molecule has 0 saturated carbocycles. The first-order valence-electron chi connectivity index (χ1n) is 5.02. The minimum absolute atomic E-state index is 0.0507. The van der Waals surface area contributed by atoms with Crippen molar-refractivity contribution in [2.75, 3.05) is 12.3 Å². The van der Waals surface area contributed by atoms with Crippen LogP contribution in [0.2, 0.25) is 0 Å². The lowest BCUT2D eigenvalue weighted by Gasteiger charge is -2.06. The third-order valence-corrected chi connectivity index (χ3v) is 2.58. The number of nitrogens with zero attached hydrogens (tertiary/aromatic N) is 1. The SMILES string of the molecule is CC(C)CNC(=O)CSc1nccc(=O)[nH]1. The first-order chi connectivity index (χ1) is 7.58. The normalized spacial score (nSPS) is 10.4. The van der Waals surface area contributed by atoms with Crippen LogP contribution in [0.1, 0.15) is 13.8 Å². The molecule has 6 heteroatoms. The third-order valence-electron chi connectivity index (χ3n) is 1.70. The van der Waals surface area contributed by atoms with Crippen LogP contribution < -0.4 is 10.9 Å². The van der Waals surface area contributed by atoms with Crippen molar-refractivity contribution in [2.24, 2.45) is 5.92 Å². The van der Waals surface area contributed by atoms with Crippen molar-refractivity contribution < 1.29 is 4.79 Å². The van der Waals surface area contributed by atoms with Gasteiger partial charge in [0.15, 0.2) is 5.16 Å². The molecule has 5 nitrogen and oxygen atoms in total. The summed E-state index contributed by atoms with van der Waals surface area (Å²) in [4.78, 5) is 28.8. The van der Waals surface area contributed by atoms with Crippen molar-refractivity contribution in [1.82, 2.24) is 15.3 Å². The smallest absolute Gasteiger partial charge is 0.251 e. The molecule has 88 valence electrons. The standard InChI is InChI=1S/C10H15N3O2S/c1-7(2)5-12-9(15)6-16-10-11-4-3-8(14)13-10/h3-4,7H,5-6H2,1-2H3,(H,12,15)(H,11,13,14). The molecule has 0 atom stereocenters. The minimum Gasteiger partial charge on any atom is -0.355 e. The molecule has 2 N–H and O–H groups in total. The summed E-state index contributed by atoms with van der Waals surface area (Å²) in [5.41, 5.74) is -0.208. The molecule has 1 aromatic rings. The zero-order valence-electron chi connectivity index (χ0n) is 9.32. The highest BCUT2D eigenvalue weighted by atomic mass is 32.2. The highest BCUT2D eigenvalue weighted by Crippen LogP contribution is 2.08. The number of nitrogens with one attached hydrogen (secondary N) is 2. The first kappa shape index (κ1) is 12.8. The summed E-state index contributed by atoms with van der Waals surface area (Å²) < 4.78 is 0. The molecule has 0 unspecified atom stereocenters. The van der Waals surface area contributed by atoms with E-state index in [0.717, 1.165) is 0 Å². The van der Waals surface area contributed by atoms with Crippen LogP contribution in [0, 0.1) is 5.92 Å². The molecule has 0 radical (unpaired) electrons. The topological polar surface area (TPSA) is 74.8 Å². The van der Waals surface area contributed by atoms with Crippen molar-refractivity contribution >= 4 is 17.7 Å². The molecular weight excluding hydrogens is 226 g/mol. The van der Waals surface area contributed by atoms with E-state index in [4.69, 9.17) is 0 Å². The van der Waals surface area contributed by atoms with E-state index in [1.807, 2.05) is 13.8 Å². The Bertz CT molecular complexity index is 403. The maximum absolute atomic E-state index is 11.4. The maximum Gasteiger partial charge on any atom is 0.251 e. The summed E-state index contributed by atoms with van der Waals surface area (Å²) in [7, 11) is 0. The number of carbonyl (C=O) groups excluding carboxylic acids is 1. The highest BCUT2D eigenvalue weighted by Gasteiger charge is 2.04. The summed E-state index contributed by atoms with van der Waals surface area (Å²) in [6, 6.07) is 1.34. The monoisotopic (exact) mass is 241 g/mol. The number of hydrogen-bond donors (Lipinski definition) is 2. The van der Waals surface area contributed by atoms with Crippen LogP contribution in [0.15, 0.2) is 22.2 Å². The summed E-state index contributed by atoms with van der Waals surface area (Å²) in [6.45, 7) is 4.73. The Balaban J connectivity index is 2.34. The average molecular weight is 241 g/mol. The second-order valence-electron chi connectivity index (χ2n) is 3.73. The summed E-state index contributed by atoms with van der Waals surface area (Å²) in [5.74, 6) is 0.647. The lowest BCUT2D eigenvalue weighted by Crippen LogP contribution is -2.28. The van der Waals surface area contributed by atoms with E-state index >= 15 is 0 Å². The van der Waals surface area contributed by atoms with Crippen molar-refractivity contribution in [2.45, 2.75) is 19.0 Å². The number of aromatic nitrogens is 2. The largest absolute Gasteiger partial charge is 0.355 e. The van der Waals surface area contributed by atoms with E-state index in [-0.39, 0.29) is 17.2 Å². The molecule has 1 aromatic heterocycles. The van der Waals surface area contributed by atoms with Crippen LogP contribution in [0.5, 0.6) is 0 Å². The number of rotatable bonds is 5. The molecule has 1 rings (SSSR count). The Morgan fingerprint density at radius 1 is 1.62 bits per heavy atom. The fourth-order valence-corrected chi connectivity index (χ4v) is 1.61. The predicted molar refractivity (Wildman–Crippen MR) is 63.4 cm³/mol. The second-order valence-corrected chi connectivity index (χ2v) is 4.69. The Labute approximate surface area is 98.1 Å². The van der Waals surface area contributed by atoms with E-state index in [9.17, 15) is 9.59 Å². The van der Waals surface area contributed by atoms with Crippen LogP contribution in [0.4, 0.5) is 0 Å². The van der Waals surface area contributed by atoms with Gasteiger partial charge in [0.1, 0.15) is 0 Å². The molecule has 0 aliphatic heterocycles. The molecular formula is C10H15N3O2S. The maximum atomic E-state index is 11.4. The van der Waals surface area contributed by atoms with Crippen LogP contribution in [0.3, 0.4) is 0 Å². The first-order valence-corrected chi connectivity index (χ1v) is 6.01. The molecule has 16 heavy (non-hydrogen) atoms. The van der Waals surface area contributed by atoms with Gasteiger partial charge in [-0.3, -0.25) is 9.59 Å². The fourth-order valence-electron chi connectivity index (χ4n) is 0.928.